The highest BCUT2D eigenvalue weighted by atomic mass is 19.4. The molecule has 5 nitrogen and oxygen atoms in total. The first-order valence-electron chi connectivity index (χ1n) is 6.21. The molecular weight excluding hydrogens is 291 g/mol. The molecule has 1 aliphatic rings. The number of halogens is 3. The van der Waals surface area contributed by atoms with Crippen LogP contribution < -0.4 is 14.8 Å². The summed E-state index contributed by atoms with van der Waals surface area (Å²) >= 11 is 0. The summed E-state index contributed by atoms with van der Waals surface area (Å²) in [4.78, 5) is 11.3. The van der Waals surface area contributed by atoms with E-state index < -0.39 is 12.4 Å². The minimum atomic E-state index is -4.72. The molecule has 0 saturated carbocycles. The van der Waals surface area contributed by atoms with Crippen LogP contribution in [0.4, 0.5) is 13.2 Å². The zero-order valence-corrected chi connectivity index (χ0v) is 11.1. The van der Waals surface area contributed by atoms with E-state index in [0.29, 0.717) is 18.7 Å². The van der Waals surface area contributed by atoms with E-state index in [1.165, 1.54) is 31.4 Å². The van der Waals surface area contributed by atoms with Gasteiger partial charge >= 0.3 is 12.3 Å². The molecule has 1 heterocycles. The zero-order chi connectivity index (χ0) is 15.5. The number of carbonyl (C=O) groups is 1. The van der Waals surface area contributed by atoms with E-state index in [0.717, 1.165) is 0 Å². The number of benzene rings is 1. The van der Waals surface area contributed by atoms with Gasteiger partial charge in [0, 0.05) is 13.0 Å². The van der Waals surface area contributed by atoms with Crippen LogP contribution in [0.2, 0.25) is 0 Å². The predicted molar refractivity (Wildman–Crippen MR) is 66.0 cm³/mol. The van der Waals surface area contributed by atoms with E-state index in [9.17, 15) is 18.0 Å². The van der Waals surface area contributed by atoms with Gasteiger partial charge in [-0.15, -0.1) is 13.2 Å². The maximum absolute atomic E-state index is 12.0. The van der Waals surface area contributed by atoms with E-state index in [1.54, 1.807) is 0 Å². The van der Waals surface area contributed by atoms with Crippen LogP contribution in [0.15, 0.2) is 24.3 Å². The number of rotatable bonds is 4. The van der Waals surface area contributed by atoms with Crippen LogP contribution in [0.25, 0.3) is 0 Å². The molecule has 116 valence electrons. The van der Waals surface area contributed by atoms with E-state index in [-0.39, 0.29) is 17.8 Å². The van der Waals surface area contributed by atoms with E-state index in [2.05, 4.69) is 14.8 Å². The Morgan fingerprint density at radius 3 is 2.43 bits per heavy atom. The normalized spacial score (nSPS) is 21.9. The molecule has 0 aliphatic carbocycles. The predicted octanol–water partition coefficient (Wildman–Crippen LogP) is 1.87. The summed E-state index contributed by atoms with van der Waals surface area (Å²) in [6.07, 6.45) is -4.53. The average Bonchev–Trinajstić information content (AvgIpc) is 2.87. The fraction of sp³-hybridized carbons (Fsp3) is 0.462. The molecule has 0 bridgehead atoms. The summed E-state index contributed by atoms with van der Waals surface area (Å²) in [5.41, 5.74) is 0. The lowest BCUT2D eigenvalue weighted by Crippen LogP contribution is -2.31. The van der Waals surface area contributed by atoms with Crippen LogP contribution in [0, 0.1) is 0 Å². The fourth-order valence-corrected chi connectivity index (χ4v) is 2.03. The van der Waals surface area contributed by atoms with Crippen LogP contribution in [0.3, 0.4) is 0 Å². The monoisotopic (exact) mass is 305 g/mol. The molecule has 2 rings (SSSR count). The molecule has 0 amide bonds. The lowest BCUT2D eigenvalue weighted by molar-refractivity contribution is -0.274. The molecule has 8 heteroatoms. The van der Waals surface area contributed by atoms with Gasteiger partial charge in [0.05, 0.1) is 7.11 Å². The fourth-order valence-electron chi connectivity index (χ4n) is 2.03. The quantitative estimate of drug-likeness (QED) is 0.861. The highest BCUT2D eigenvalue weighted by Crippen LogP contribution is 2.25. The minimum absolute atomic E-state index is 0.247. The maximum Gasteiger partial charge on any atom is 0.573 e. The maximum atomic E-state index is 12.0. The molecule has 21 heavy (non-hydrogen) atoms. The Morgan fingerprint density at radius 1 is 1.24 bits per heavy atom. The third-order valence-corrected chi connectivity index (χ3v) is 2.94. The number of methoxy groups -OCH3 is 1. The van der Waals surface area contributed by atoms with Crippen molar-refractivity contribution in [2.24, 2.45) is 0 Å². The van der Waals surface area contributed by atoms with Crippen molar-refractivity contribution in [3.8, 4) is 11.5 Å². The average molecular weight is 305 g/mol. The number of nitrogens with one attached hydrogen (secondary N) is 1. The third-order valence-electron chi connectivity index (χ3n) is 2.94. The van der Waals surface area contributed by atoms with Crippen molar-refractivity contribution in [3.05, 3.63) is 24.3 Å². The summed E-state index contributed by atoms with van der Waals surface area (Å²) < 4.78 is 50.0. The Balaban J connectivity index is 1.88. The summed E-state index contributed by atoms with van der Waals surface area (Å²) in [6, 6.07) is 4.68. The summed E-state index contributed by atoms with van der Waals surface area (Å²) in [6.45, 7) is 0.459. The number of alkyl halides is 3. The lowest BCUT2D eigenvalue weighted by Gasteiger charge is -2.14. The largest absolute Gasteiger partial charge is 0.573 e. The molecule has 0 spiro atoms. The van der Waals surface area contributed by atoms with Gasteiger partial charge in [0.2, 0.25) is 0 Å². The summed E-state index contributed by atoms with van der Waals surface area (Å²) in [5, 5.41) is 2.95. The highest BCUT2D eigenvalue weighted by Gasteiger charge is 2.32. The second-order valence-corrected chi connectivity index (χ2v) is 4.48. The van der Waals surface area contributed by atoms with Crippen LogP contribution in [0.5, 0.6) is 11.5 Å². The summed E-state index contributed by atoms with van der Waals surface area (Å²) in [7, 11) is 1.30. The summed E-state index contributed by atoms with van der Waals surface area (Å²) in [5.74, 6) is -0.274. The number of hydrogen-bond donors (Lipinski definition) is 1. The van der Waals surface area contributed by atoms with Crippen LogP contribution in [-0.4, -0.2) is 38.1 Å². The van der Waals surface area contributed by atoms with Crippen molar-refractivity contribution in [2.75, 3.05) is 13.7 Å². The molecule has 1 aromatic carbocycles. The second kappa shape index (κ2) is 6.21. The van der Waals surface area contributed by atoms with Gasteiger partial charge in [0.25, 0.3) is 0 Å². The van der Waals surface area contributed by atoms with Crippen molar-refractivity contribution < 1.29 is 32.2 Å². The SMILES string of the molecule is COC(=O)C1CC(Oc2ccc(OC(F)(F)F)cc2)CN1. The van der Waals surface area contributed by atoms with Crippen LogP contribution in [0.1, 0.15) is 6.42 Å². The first kappa shape index (κ1) is 15.4. The Hall–Kier alpha value is -1.96. The van der Waals surface area contributed by atoms with Gasteiger partial charge < -0.3 is 19.5 Å². The van der Waals surface area contributed by atoms with Gasteiger partial charge in [0.1, 0.15) is 23.6 Å². The molecule has 1 aliphatic heterocycles. The van der Waals surface area contributed by atoms with E-state index >= 15 is 0 Å². The molecule has 1 saturated heterocycles. The number of ether oxygens (including phenoxy) is 3. The molecule has 2 unspecified atom stereocenters. The van der Waals surface area contributed by atoms with Crippen molar-refractivity contribution in [1.29, 1.82) is 0 Å². The molecule has 2 atom stereocenters. The number of hydrogen-bond acceptors (Lipinski definition) is 5. The van der Waals surface area contributed by atoms with Crippen molar-refractivity contribution >= 4 is 5.97 Å². The first-order valence-corrected chi connectivity index (χ1v) is 6.21. The van der Waals surface area contributed by atoms with Gasteiger partial charge in [-0.3, -0.25) is 4.79 Å². The van der Waals surface area contributed by atoms with Crippen molar-refractivity contribution in [1.82, 2.24) is 5.32 Å². The van der Waals surface area contributed by atoms with Crippen molar-refractivity contribution in [3.63, 3.8) is 0 Å². The van der Waals surface area contributed by atoms with Gasteiger partial charge in [0.15, 0.2) is 0 Å². The molecule has 1 aromatic rings. The molecule has 0 radical (unpaired) electrons. The zero-order valence-electron chi connectivity index (χ0n) is 11.1. The Kier molecular flexibility index (Phi) is 4.56. The van der Waals surface area contributed by atoms with Crippen LogP contribution >= 0.6 is 0 Å². The molecule has 1 N–H and O–H groups in total. The highest BCUT2D eigenvalue weighted by molar-refractivity contribution is 5.76. The second-order valence-electron chi connectivity index (χ2n) is 4.48. The van der Waals surface area contributed by atoms with Crippen LogP contribution in [-0.2, 0) is 9.53 Å². The Labute approximate surface area is 119 Å². The lowest BCUT2D eigenvalue weighted by atomic mass is 10.2. The Bertz CT molecular complexity index is 489. The van der Waals surface area contributed by atoms with Crippen molar-refractivity contribution in [2.45, 2.75) is 24.9 Å². The third kappa shape index (κ3) is 4.52. The first-order chi connectivity index (χ1) is 9.87. The smallest absolute Gasteiger partial charge is 0.489 e. The van der Waals surface area contributed by atoms with Gasteiger partial charge in [-0.2, -0.15) is 0 Å². The van der Waals surface area contributed by atoms with E-state index in [4.69, 9.17) is 4.74 Å². The topological polar surface area (TPSA) is 56.8 Å². The number of esters is 1. The van der Waals surface area contributed by atoms with Gasteiger partial charge in [-0.1, -0.05) is 0 Å². The molecule has 0 aromatic heterocycles. The van der Waals surface area contributed by atoms with Gasteiger partial charge in [-0.05, 0) is 24.3 Å². The van der Waals surface area contributed by atoms with Gasteiger partial charge in [-0.25, -0.2) is 0 Å². The molecule has 1 fully saturated rings. The Morgan fingerprint density at radius 2 is 1.86 bits per heavy atom. The van der Waals surface area contributed by atoms with E-state index in [1.807, 2.05) is 0 Å². The standard InChI is InChI=1S/C13H14F3NO4/c1-19-12(18)11-6-10(7-17-11)20-8-2-4-9(5-3-8)21-13(14,15)16/h2-5,10-11,17H,6-7H2,1H3. The minimum Gasteiger partial charge on any atom is -0.489 e. The molecular formula is C13H14F3NO4. The number of carbonyl (C=O) groups excluding carboxylic acids is 1.